The van der Waals surface area contributed by atoms with Crippen LogP contribution in [0.1, 0.15) is 74.4 Å². The van der Waals surface area contributed by atoms with Crippen molar-refractivity contribution < 1.29 is 19.2 Å². The van der Waals surface area contributed by atoms with Gasteiger partial charge in [-0.25, -0.2) is 0 Å². The number of aliphatic imine (C=N–C) groups is 1. The summed E-state index contributed by atoms with van der Waals surface area (Å²) in [6, 6.07) is 13.5. The molecule has 1 aliphatic heterocycles. The first-order valence-electron chi connectivity index (χ1n) is 13.1. The maximum Gasteiger partial charge on any atom is 0.315 e. The van der Waals surface area contributed by atoms with Gasteiger partial charge in [-0.15, -0.1) is 0 Å². The van der Waals surface area contributed by atoms with Crippen LogP contribution in [-0.2, 0) is 9.53 Å². The summed E-state index contributed by atoms with van der Waals surface area (Å²) < 4.78 is 6.23. The van der Waals surface area contributed by atoms with Crippen LogP contribution in [0.25, 0.3) is 5.70 Å². The lowest BCUT2D eigenvalue weighted by atomic mass is 9.73. The number of carbonyl (C=O) groups is 2. The summed E-state index contributed by atoms with van der Waals surface area (Å²) in [7, 11) is 0. The summed E-state index contributed by atoms with van der Waals surface area (Å²) in [6.45, 7) is 8.23. The van der Waals surface area contributed by atoms with Gasteiger partial charge in [-0.3, -0.25) is 24.7 Å². The number of benzene rings is 2. The molecule has 0 radical (unpaired) electrons. The van der Waals surface area contributed by atoms with E-state index in [1.807, 2.05) is 12.1 Å². The molecule has 0 amide bonds. The minimum atomic E-state index is -0.928. The van der Waals surface area contributed by atoms with E-state index in [2.05, 4.69) is 20.8 Å². The van der Waals surface area contributed by atoms with Crippen molar-refractivity contribution in [1.82, 2.24) is 0 Å². The fourth-order valence-electron chi connectivity index (χ4n) is 6.38. The van der Waals surface area contributed by atoms with Gasteiger partial charge in [0.2, 0.25) is 0 Å². The van der Waals surface area contributed by atoms with Crippen LogP contribution >= 0.6 is 0 Å². The van der Waals surface area contributed by atoms with E-state index in [0.29, 0.717) is 45.5 Å². The van der Waals surface area contributed by atoms with Gasteiger partial charge in [0.05, 0.1) is 10.6 Å². The van der Waals surface area contributed by atoms with Crippen molar-refractivity contribution >= 4 is 28.8 Å². The van der Waals surface area contributed by atoms with Gasteiger partial charge in [-0.1, -0.05) is 69.7 Å². The Morgan fingerprint density at radius 3 is 2.46 bits per heavy atom. The first-order valence-corrected chi connectivity index (χ1v) is 13.1. The van der Waals surface area contributed by atoms with E-state index in [0.717, 1.165) is 19.3 Å². The minimum absolute atomic E-state index is 0.123. The van der Waals surface area contributed by atoms with Crippen LogP contribution < -0.4 is 0 Å². The number of Topliss-reactive ketones (excluding diaryl/α,β-unsaturated/α-hetero) is 1. The standard InChI is InChI=1S/C30H32N2O5/c1-16(2)19-14-13-17(3)15-24(19)37-30(34)25-18(4)31-28-20-9-5-6-10-21(20)29(33)27(28)26(25)22-11-7-8-12-23(22)32(35)36/h5-12,16-17,19,24-26H,13-15H2,1-4H3/t17-,19-,24+,25?,26+/m0/s1. The zero-order chi connectivity index (χ0) is 26.4. The maximum absolute atomic E-state index is 14.0. The highest BCUT2D eigenvalue weighted by molar-refractivity contribution is 6.25. The van der Waals surface area contributed by atoms with Gasteiger partial charge in [0.25, 0.3) is 5.69 Å². The Balaban J connectivity index is 1.61. The lowest BCUT2D eigenvalue weighted by Gasteiger charge is -2.38. The normalized spacial score (nSPS) is 27.0. The van der Waals surface area contributed by atoms with E-state index in [1.54, 1.807) is 37.3 Å². The van der Waals surface area contributed by atoms with Crippen molar-refractivity contribution in [2.75, 3.05) is 0 Å². The van der Waals surface area contributed by atoms with E-state index < -0.39 is 22.7 Å². The van der Waals surface area contributed by atoms with Crippen molar-refractivity contribution in [1.29, 1.82) is 0 Å². The molecule has 0 saturated heterocycles. The second-order valence-corrected chi connectivity index (χ2v) is 11.0. The second-order valence-electron chi connectivity index (χ2n) is 11.0. The molecule has 3 aliphatic rings. The third-order valence-electron chi connectivity index (χ3n) is 8.26. The number of nitro benzene ring substituents is 1. The lowest BCUT2D eigenvalue weighted by Crippen LogP contribution is -2.41. The van der Waals surface area contributed by atoms with E-state index in [-0.39, 0.29) is 23.5 Å². The number of hydrogen-bond donors (Lipinski definition) is 0. The molecule has 7 nitrogen and oxygen atoms in total. The number of carbonyl (C=O) groups excluding carboxylic acids is 2. The summed E-state index contributed by atoms with van der Waals surface area (Å²) >= 11 is 0. The van der Waals surface area contributed by atoms with Crippen LogP contribution in [0.15, 0.2) is 59.1 Å². The third-order valence-corrected chi connectivity index (χ3v) is 8.26. The molecule has 37 heavy (non-hydrogen) atoms. The zero-order valence-corrected chi connectivity index (χ0v) is 21.6. The molecule has 2 aromatic rings. The molecular weight excluding hydrogens is 468 g/mol. The molecule has 192 valence electrons. The molecular formula is C30H32N2O5. The van der Waals surface area contributed by atoms with E-state index >= 15 is 0 Å². The highest BCUT2D eigenvalue weighted by atomic mass is 16.6. The van der Waals surface area contributed by atoms with Crippen molar-refractivity contribution in [3.8, 4) is 0 Å². The smallest absolute Gasteiger partial charge is 0.315 e. The molecule has 2 aromatic carbocycles. The number of fused-ring (bicyclic) bond motifs is 2. The van der Waals surface area contributed by atoms with Crippen molar-refractivity contribution in [2.24, 2.45) is 28.7 Å². The fraction of sp³-hybridized carbons (Fsp3) is 0.433. The molecule has 0 bridgehead atoms. The number of allylic oxidation sites excluding steroid dienone is 1. The molecule has 7 heteroatoms. The Bertz CT molecular complexity index is 1340. The SMILES string of the molecule is CC1=NC2=C(C(=O)c3ccccc32)[C@H](c2ccccc2[N+](=O)[O-])C1C(=O)O[C@@H]1C[C@@H](C)CC[C@H]1C(C)C. The Morgan fingerprint density at radius 1 is 1.08 bits per heavy atom. The number of ether oxygens (including phenoxy) is 1. The molecule has 0 aromatic heterocycles. The number of nitro groups is 1. The van der Waals surface area contributed by atoms with Crippen LogP contribution in [0.5, 0.6) is 0 Å². The molecule has 0 N–H and O–H groups in total. The molecule has 5 rings (SSSR count). The highest BCUT2D eigenvalue weighted by Crippen LogP contribution is 2.50. The first-order chi connectivity index (χ1) is 17.7. The minimum Gasteiger partial charge on any atom is -0.462 e. The number of ketones is 1. The van der Waals surface area contributed by atoms with Crippen LogP contribution in [0.2, 0.25) is 0 Å². The molecule has 2 aliphatic carbocycles. The Morgan fingerprint density at radius 2 is 1.76 bits per heavy atom. The van der Waals surface area contributed by atoms with Crippen LogP contribution in [-0.4, -0.2) is 28.5 Å². The van der Waals surface area contributed by atoms with Gasteiger partial charge in [0.15, 0.2) is 5.78 Å². The van der Waals surface area contributed by atoms with Crippen LogP contribution in [0, 0.1) is 33.8 Å². The van der Waals surface area contributed by atoms with Gasteiger partial charge >= 0.3 is 5.97 Å². The molecule has 5 atom stereocenters. The van der Waals surface area contributed by atoms with Crippen LogP contribution in [0.3, 0.4) is 0 Å². The quantitative estimate of drug-likeness (QED) is 0.269. The van der Waals surface area contributed by atoms with Gasteiger partial charge < -0.3 is 4.74 Å². The summed E-state index contributed by atoms with van der Waals surface area (Å²) in [4.78, 5) is 44.0. The monoisotopic (exact) mass is 500 g/mol. The van der Waals surface area contributed by atoms with Gasteiger partial charge in [0.1, 0.15) is 12.0 Å². The number of esters is 1. The second kappa shape index (κ2) is 9.69. The number of nitrogens with zero attached hydrogens (tertiary/aromatic N) is 2. The summed E-state index contributed by atoms with van der Waals surface area (Å²) in [5.74, 6) is -1.45. The Kier molecular flexibility index (Phi) is 6.56. The summed E-state index contributed by atoms with van der Waals surface area (Å²) in [6.07, 6.45) is 2.64. The zero-order valence-electron chi connectivity index (χ0n) is 21.6. The van der Waals surface area contributed by atoms with Crippen molar-refractivity contribution in [3.63, 3.8) is 0 Å². The van der Waals surface area contributed by atoms with Crippen molar-refractivity contribution in [2.45, 2.75) is 59.0 Å². The average Bonchev–Trinajstić information content (AvgIpc) is 3.14. The molecule has 1 unspecified atom stereocenters. The van der Waals surface area contributed by atoms with Gasteiger partial charge in [0, 0.05) is 40.0 Å². The van der Waals surface area contributed by atoms with Crippen LogP contribution in [0.4, 0.5) is 5.69 Å². The molecule has 0 spiro atoms. The van der Waals surface area contributed by atoms with E-state index in [9.17, 15) is 19.7 Å². The summed E-state index contributed by atoms with van der Waals surface area (Å²) in [5.41, 5.74) is 2.73. The number of hydrogen-bond acceptors (Lipinski definition) is 6. The third kappa shape index (κ3) is 4.30. The molecule has 1 fully saturated rings. The first kappa shape index (κ1) is 25.1. The number of rotatable bonds is 5. The predicted octanol–water partition coefficient (Wildman–Crippen LogP) is 6.38. The maximum atomic E-state index is 14.0. The largest absolute Gasteiger partial charge is 0.462 e. The molecule has 1 saturated carbocycles. The number of para-hydroxylation sites is 1. The predicted molar refractivity (Wildman–Crippen MR) is 141 cm³/mol. The van der Waals surface area contributed by atoms with Gasteiger partial charge in [-0.2, -0.15) is 0 Å². The Hall–Kier alpha value is -3.61. The Labute approximate surface area is 216 Å². The van der Waals surface area contributed by atoms with Gasteiger partial charge in [-0.05, 0) is 37.5 Å². The van der Waals surface area contributed by atoms with Crippen molar-refractivity contribution in [3.05, 3.63) is 80.9 Å². The van der Waals surface area contributed by atoms with E-state index in [4.69, 9.17) is 9.73 Å². The molecule has 1 heterocycles. The fourth-order valence-corrected chi connectivity index (χ4v) is 6.38. The lowest BCUT2D eigenvalue weighted by molar-refractivity contribution is -0.385. The average molecular weight is 501 g/mol. The van der Waals surface area contributed by atoms with E-state index in [1.165, 1.54) is 6.07 Å². The highest BCUT2D eigenvalue weighted by Gasteiger charge is 2.49. The topological polar surface area (TPSA) is 98.9 Å². The summed E-state index contributed by atoms with van der Waals surface area (Å²) in [5, 5.41) is 12.0.